The van der Waals surface area contributed by atoms with Crippen molar-refractivity contribution in [2.24, 2.45) is 5.73 Å². The van der Waals surface area contributed by atoms with Crippen LogP contribution in [-0.2, 0) is 9.47 Å². The molecule has 0 aromatic heterocycles. The molecular formula is C13H28N2O2. The van der Waals surface area contributed by atoms with E-state index in [9.17, 15) is 0 Å². The van der Waals surface area contributed by atoms with E-state index < -0.39 is 0 Å². The standard InChI is InChI=1S/C13H28N2O2/c1-13(17-3)7-5-8-15(11-13)10-12(14)6-4-9-16-2/h12H,4-11,14H2,1-3H3. The second-order valence-corrected chi connectivity index (χ2v) is 5.39. The van der Waals surface area contributed by atoms with E-state index in [-0.39, 0.29) is 11.6 Å². The maximum atomic E-state index is 6.14. The summed E-state index contributed by atoms with van der Waals surface area (Å²) in [4.78, 5) is 2.43. The van der Waals surface area contributed by atoms with Crippen molar-refractivity contribution in [1.29, 1.82) is 0 Å². The van der Waals surface area contributed by atoms with Crippen LogP contribution in [-0.4, -0.2) is 57.0 Å². The first-order chi connectivity index (χ1) is 8.09. The van der Waals surface area contributed by atoms with Gasteiger partial charge >= 0.3 is 0 Å². The molecule has 0 aromatic carbocycles. The van der Waals surface area contributed by atoms with Crippen molar-refractivity contribution in [2.45, 2.75) is 44.2 Å². The molecule has 0 aliphatic carbocycles. The van der Waals surface area contributed by atoms with Crippen LogP contribution in [0.15, 0.2) is 0 Å². The van der Waals surface area contributed by atoms with Crippen LogP contribution in [0.5, 0.6) is 0 Å². The molecule has 0 amide bonds. The summed E-state index contributed by atoms with van der Waals surface area (Å²) >= 11 is 0. The van der Waals surface area contributed by atoms with Gasteiger partial charge in [-0.25, -0.2) is 0 Å². The van der Waals surface area contributed by atoms with Crippen LogP contribution in [0.1, 0.15) is 32.6 Å². The van der Waals surface area contributed by atoms with Gasteiger partial charge < -0.3 is 15.2 Å². The molecule has 2 N–H and O–H groups in total. The van der Waals surface area contributed by atoms with Crippen molar-refractivity contribution in [1.82, 2.24) is 4.90 Å². The van der Waals surface area contributed by atoms with Gasteiger partial charge in [0, 0.05) is 40.0 Å². The summed E-state index contributed by atoms with van der Waals surface area (Å²) < 4.78 is 10.6. The number of nitrogens with two attached hydrogens (primary N) is 1. The smallest absolute Gasteiger partial charge is 0.0777 e. The van der Waals surface area contributed by atoms with Gasteiger partial charge in [0.1, 0.15) is 0 Å². The Balaban J connectivity index is 2.26. The Bertz CT molecular complexity index is 214. The van der Waals surface area contributed by atoms with Crippen molar-refractivity contribution in [3.05, 3.63) is 0 Å². The van der Waals surface area contributed by atoms with Crippen molar-refractivity contribution >= 4 is 0 Å². The number of likely N-dealkylation sites (tertiary alicyclic amines) is 1. The number of methoxy groups -OCH3 is 2. The number of hydrogen-bond donors (Lipinski definition) is 1. The van der Waals surface area contributed by atoms with Crippen LogP contribution in [0, 0.1) is 0 Å². The maximum absolute atomic E-state index is 6.14. The van der Waals surface area contributed by atoms with Crippen LogP contribution < -0.4 is 5.73 Å². The average Bonchev–Trinajstić information content (AvgIpc) is 2.29. The molecule has 1 aliphatic rings. The van der Waals surface area contributed by atoms with Gasteiger partial charge in [0.2, 0.25) is 0 Å². The van der Waals surface area contributed by atoms with E-state index in [2.05, 4.69) is 11.8 Å². The second-order valence-electron chi connectivity index (χ2n) is 5.39. The molecule has 1 aliphatic heterocycles. The molecular weight excluding hydrogens is 216 g/mol. The first kappa shape index (κ1) is 14.9. The van der Waals surface area contributed by atoms with E-state index >= 15 is 0 Å². The van der Waals surface area contributed by atoms with Crippen molar-refractivity contribution < 1.29 is 9.47 Å². The largest absolute Gasteiger partial charge is 0.385 e. The van der Waals surface area contributed by atoms with Crippen LogP contribution in [0.4, 0.5) is 0 Å². The zero-order chi connectivity index (χ0) is 12.7. The molecule has 4 nitrogen and oxygen atoms in total. The number of hydrogen-bond acceptors (Lipinski definition) is 4. The molecule has 0 aromatic rings. The second kappa shape index (κ2) is 7.31. The lowest BCUT2D eigenvalue weighted by molar-refractivity contribution is -0.0518. The van der Waals surface area contributed by atoms with Gasteiger partial charge in [-0.05, 0) is 39.2 Å². The summed E-state index contributed by atoms with van der Waals surface area (Å²) in [5.74, 6) is 0. The SMILES string of the molecule is COCCCC(N)CN1CCCC(C)(OC)C1. The molecule has 1 saturated heterocycles. The molecule has 102 valence electrons. The Labute approximate surface area is 105 Å². The molecule has 17 heavy (non-hydrogen) atoms. The summed E-state index contributed by atoms with van der Waals surface area (Å²) in [5.41, 5.74) is 6.16. The third-order valence-corrected chi connectivity index (χ3v) is 3.65. The molecule has 0 radical (unpaired) electrons. The Hall–Kier alpha value is -0.160. The van der Waals surface area contributed by atoms with Crippen LogP contribution >= 0.6 is 0 Å². The summed E-state index contributed by atoms with van der Waals surface area (Å²) in [5, 5.41) is 0. The minimum Gasteiger partial charge on any atom is -0.385 e. The first-order valence-corrected chi connectivity index (χ1v) is 6.61. The van der Waals surface area contributed by atoms with Gasteiger partial charge in [-0.2, -0.15) is 0 Å². The van der Waals surface area contributed by atoms with Gasteiger partial charge in [0.25, 0.3) is 0 Å². The van der Waals surface area contributed by atoms with Gasteiger partial charge in [0.15, 0.2) is 0 Å². The minimum absolute atomic E-state index is 0.0184. The molecule has 0 spiro atoms. The van der Waals surface area contributed by atoms with Crippen molar-refractivity contribution in [2.75, 3.05) is 40.5 Å². The van der Waals surface area contributed by atoms with Gasteiger partial charge in [0.05, 0.1) is 5.60 Å². The Morgan fingerprint density at radius 2 is 2.18 bits per heavy atom. The average molecular weight is 244 g/mol. The molecule has 1 heterocycles. The van der Waals surface area contributed by atoms with E-state index in [1.165, 1.54) is 6.42 Å². The van der Waals surface area contributed by atoms with Crippen LogP contribution in [0.25, 0.3) is 0 Å². The molecule has 4 heteroatoms. The zero-order valence-corrected chi connectivity index (χ0v) is 11.6. The van der Waals surface area contributed by atoms with Crippen LogP contribution in [0.3, 0.4) is 0 Å². The lowest BCUT2D eigenvalue weighted by atomic mass is 9.94. The van der Waals surface area contributed by atoms with Crippen molar-refractivity contribution in [3.63, 3.8) is 0 Å². The summed E-state index contributed by atoms with van der Waals surface area (Å²) in [6, 6.07) is 0.254. The highest BCUT2D eigenvalue weighted by atomic mass is 16.5. The van der Waals surface area contributed by atoms with Crippen molar-refractivity contribution in [3.8, 4) is 0 Å². The number of rotatable bonds is 7. The lowest BCUT2D eigenvalue weighted by Gasteiger charge is -2.40. The molecule has 0 bridgehead atoms. The zero-order valence-electron chi connectivity index (χ0n) is 11.6. The van der Waals surface area contributed by atoms with E-state index in [1.807, 2.05) is 7.11 Å². The van der Waals surface area contributed by atoms with E-state index in [0.717, 1.165) is 45.5 Å². The summed E-state index contributed by atoms with van der Waals surface area (Å²) in [7, 11) is 3.54. The highest BCUT2D eigenvalue weighted by Gasteiger charge is 2.30. The number of piperidine rings is 1. The fraction of sp³-hybridized carbons (Fsp3) is 1.00. The third-order valence-electron chi connectivity index (χ3n) is 3.65. The van der Waals surface area contributed by atoms with E-state index in [0.29, 0.717) is 0 Å². The maximum Gasteiger partial charge on any atom is 0.0777 e. The fourth-order valence-corrected chi connectivity index (χ4v) is 2.54. The third kappa shape index (κ3) is 5.34. The van der Waals surface area contributed by atoms with Gasteiger partial charge in [-0.15, -0.1) is 0 Å². The minimum atomic E-state index is 0.0184. The molecule has 2 unspecified atom stereocenters. The highest BCUT2D eigenvalue weighted by molar-refractivity contribution is 4.85. The molecule has 2 atom stereocenters. The quantitative estimate of drug-likeness (QED) is 0.685. The van der Waals surface area contributed by atoms with Gasteiger partial charge in [-0.3, -0.25) is 4.90 Å². The van der Waals surface area contributed by atoms with Gasteiger partial charge in [-0.1, -0.05) is 0 Å². The van der Waals surface area contributed by atoms with Crippen LogP contribution in [0.2, 0.25) is 0 Å². The molecule has 1 rings (SSSR count). The topological polar surface area (TPSA) is 47.7 Å². The van der Waals surface area contributed by atoms with E-state index in [1.54, 1.807) is 7.11 Å². The Morgan fingerprint density at radius 3 is 2.82 bits per heavy atom. The summed E-state index contributed by atoms with van der Waals surface area (Å²) in [6.45, 7) is 6.13. The lowest BCUT2D eigenvalue weighted by Crippen LogP contribution is -2.50. The number of nitrogens with zero attached hydrogens (tertiary/aromatic N) is 1. The predicted molar refractivity (Wildman–Crippen MR) is 70.2 cm³/mol. The highest BCUT2D eigenvalue weighted by Crippen LogP contribution is 2.23. The van der Waals surface area contributed by atoms with E-state index in [4.69, 9.17) is 15.2 Å². The predicted octanol–water partition coefficient (Wildman–Crippen LogP) is 1.24. The summed E-state index contributed by atoms with van der Waals surface area (Å²) in [6.07, 6.45) is 4.44. The molecule has 0 saturated carbocycles. The monoisotopic (exact) mass is 244 g/mol. The first-order valence-electron chi connectivity index (χ1n) is 6.61. The Morgan fingerprint density at radius 1 is 1.41 bits per heavy atom. The Kier molecular flexibility index (Phi) is 6.41. The number of ether oxygens (including phenoxy) is 2. The normalized spacial score (nSPS) is 28.2. The fourth-order valence-electron chi connectivity index (χ4n) is 2.54. The molecule has 1 fully saturated rings.